The Hall–Kier alpha value is -2.63. The van der Waals surface area contributed by atoms with Crippen molar-refractivity contribution in [3.63, 3.8) is 0 Å². The lowest BCUT2D eigenvalue weighted by Gasteiger charge is -2.17. The topological polar surface area (TPSA) is 70.2 Å². The van der Waals surface area contributed by atoms with E-state index >= 15 is 0 Å². The van der Waals surface area contributed by atoms with Gasteiger partial charge in [-0.2, -0.15) is 0 Å². The van der Waals surface area contributed by atoms with Gasteiger partial charge in [-0.15, -0.1) is 0 Å². The second-order valence-corrected chi connectivity index (χ2v) is 4.91. The van der Waals surface area contributed by atoms with Crippen molar-refractivity contribution in [1.29, 1.82) is 0 Å². The van der Waals surface area contributed by atoms with Crippen molar-refractivity contribution in [3.8, 4) is 0 Å². The van der Waals surface area contributed by atoms with E-state index in [9.17, 15) is 4.79 Å². The summed E-state index contributed by atoms with van der Waals surface area (Å²) in [6.45, 7) is 2.22. The lowest BCUT2D eigenvalue weighted by atomic mass is 10.2. The molecular weight excluding hydrogens is 266 g/mol. The summed E-state index contributed by atoms with van der Waals surface area (Å²) >= 11 is 0. The first-order valence-corrected chi connectivity index (χ1v) is 7.00. The Morgan fingerprint density at radius 2 is 1.81 bits per heavy atom. The summed E-state index contributed by atoms with van der Waals surface area (Å²) in [6.07, 6.45) is 7.08. The number of urea groups is 1. The number of anilines is 3. The molecule has 1 aromatic carbocycles. The first-order valence-electron chi connectivity index (χ1n) is 7.00. The molecular formula is C15H17N5O. The molecule has 0 radical (unpaired) electrons. The summed E-state index contributed by atoms with van der Waals surface area (Å²) < 4.78 is 0. The fraction of sp³-hybridized carbons (Fsp3) is 0.267. The number of carbonyl (C=O) groups excluding carboxylic acids is 1. The number of rotatable bonds is 3. The number of benzene rings is 1. The lowest BCUT2D eigenvalue weighted by molar-refractivity contribution is 0.262. The molecule has 0 aliphatic carbocycles. The Labute approximate surface area is 123 Å². The van der Waals surface area contributed by atoms with Crippen LogP contribution in [0.4, 0.5) is 22.0 Å². The van der Waals surface area contributed by atoms with E-state index in [-0.39, 0.29) is 6.03 Å². The minimum Gasteiger partial charge on any atom is -0.372 e. The molecule has 2 aromatic rings. The fourth-order valence-corrected chi connectivity index (χ4v) is 2.37. The maximum absolute atomic E-state index is 11.8. The van der Waals surface area contributed by atoms with Crippen LogP contribution >= 0.6 is 0 Å². The molecule has 0 spiro atoms. The molecule has 2 heterocycles. The van der Waals surface area contributed by atoms with Gasteiger partial charge in [-0.25, -0.2) is 9.78 Å². The monoisotopic (exact) mass is 283 g/mol. The summed E-state index contributed by atoms with van der Waals surface area (Å²) in [4.78, 5) is 22.0. The van der Waals surface area contributed by atoms with Crippen LogP contribution in [0.5, 0.6) is 0 Å². The lowest BCUT2D eigenvalue weighted by Crippen LogP contribution is -2.20. The van der Waals surface area contributed by atoms with E-state index in [1.165, 1.54) is 30.9 Å². The van der Waals surface area contributed by atoms with Crippen molar-refractivity contribution < 1.29 is 4.79 Å². The number of carbonyl (C=O) groups is 1. The minimum atomic E-state index is -0.329. The highest BCUT2D eigenvalue weighted by Crippen LogP contribution is 2.22. The summed E-state index contributed by atoms with van der Waals surface area (Å²) in [5, 5.41) is 5.40. The van der Waals surface area contributed by atoms with E-state index in [2.05, 4.69) is 25.5 Å². The predicted molar refractivity (Wildman–Crippen MR) is 82.6 cm³/mol. The van der Waals surface area contributed by atoms with Gasteiger partial charge >= 0.3 is 6.03 Å². The van der Waals surface area contributed by atoms with Crippen LogP contribution in [-0.4, -0.2) is 29.1 Å². The number of hydrogen-bond donors (Lipinski definition) is 2. The van der Waals surface area contributed by atoms with Crippen LogP contribution in [0, 0.1) is 0 Å². The minimum absolute atomic E-state index is 0.329. The average molecular weight is 283 g/mol. The Bertz CT molecular complexity index is 593. The second kappa shape index (κ2) is 6.21. The molecule has 3 rings (SSSR count). The van der Waals surface area contributed by atoms with E-state index < -0.39 is 0 Å². The zero-order valence-electron chi connectivity index (χ0n) is 11.6. The molecule has 0 bridgehead atoms. The van der Waals surface area contributed by atoms with Gasteiger partial charge in [0.05, 0.1) is 6.20 Å². The fourth-order valence-electron chi connectivity index (χ4n) is 2.37. The molecule has 6 heteroatoms. The molecule has 108 valence electrons. The van der Waals surface area contributed by atoms with Crippen molar-refractivity contribution in [3.05, 3.63) is 42.9 Å². The SMILES string of the molecule is O=C(Nc1ccc(N2CCCC2)cc1)Nc1cnccn1. The van der Waals surface area contributed by atoms with Crippen LogP contribution < -0.4 is 15.5 Å². The van der Waals surface area contributed by atoms with Gasteiger partial charge < -0.3 is 10.2 Å². The smallest absolute Gasteiger partial charge is 0.324 e. The molecule has 2 amide bonds. The average Bonchev–Trinajstić information content (AvgIpc) is 3.03. The van der Waals surface area contributed by atoms with Gasteiger partial charge in [0, 0.05) is 36.9 Å². The van der Waals surface area contributed by atoms with Crippen LogP contribution in [0.25, 0.3) is 0 Å². The van der Waals surface area contributed by atoms with E-state index in [1.54, 1.807) is 6.20 Å². The predicted octanol–water partition coefficient (Wildman–Crippen LogP) is 2.72. The van der Waals surface area contributed by atoms with Gasteiger partial charge in [0.25, 0.3) is 0 Å². The molecule has 1 aliphatic heterocycles. The molecule has 1 aromatic heterocycles. The van der Waals surface area contributed by atoms with Crippen LogP contribution in [0.2, 0.25) is 0 Å². The Morgan fingerprint density at radius 3 is 2.48 bits per heavy atom. The van der Waals surface area contributed by atoms with Crippen LogP contribution in [0.15, 0.2) is 42.9 Å². The highest BCUT2D eigenvalue weighted by molar-refractivity contribution is 5.99. The summed E-state index contributed by atoms with van der Waals surface area (Å²) in [5.41, 5.74) is 1.95. The zero-order valence-corrected chi connectivity index (χ0v) is 11.6. The third kappa shape index (κ3) is 3.47. The van der Waals surface area contributed by atoms with Crippen molar-refractivity contribution in [1.82, 2.24) is 9.97 Å². The van der Waals surface area contributed by atoms with Crippen LogP contribution in [-0.2, 0) is 0 Å². The highest BCUT2D eigenvalue weighted by atomic mass is 16.2. The molecule has 0 saturated carbocycles. The zero-order chi connectivity index (χ0) is 14.5. The quantitative estimate of drug-likeness (QED) is 0.908. The first-order chi connectivity index (χ1) is 10.3. The molecule has 1 saturated heterocycles. The molecule has 1 fully saturated rings. The van der Waals surface area contributed by atoms with Gasteiger partial charge in [-0.3, -0.25) is 10.3 Å². The van der Waals surface area contributed by atoms with Crippen molar-refractivity contribution in [2.75, 3.05) is 28.6 Å². The maximum atomic E-state index is 11.8. The summed E-state index contributed by atoms with van der Waals surface area (Å²) in [6, 6.07) is 7.55. The Morgan fingerprint density at radius 1 is 1.05 bits per heavy atom. The summed E-state index contributed by atoms with van der Waals surface area (Å²) in [7, 11) is 0. The number of nitrogens with zero attached hydrogens (tertiary/aromatic N) is 3. The largest absolute Gasteiger partial charge is 0.372 e. The summed E-state index contributed by atoms with van der Waals surface area (Å²) in [5.74, 6) is 0.420. The maximum Gasteiger partial charge on any atom is 0.324 e. The Balaban J connectivity index is 1.58. The number of hydrogen-bond acceptors (Lipinski definition) is 4. The number of amides is 2. The van der Waals surface area contributed by atoms with Crippen molar-refractivity contribution in [2.24, 2.45) is 0 Å². The third-order valence-electron chi connectivity index (χ3n) is 3.40. The molecule has 21 heavy (non-hydrogen) atoms. The van der Waals surface area contributed by atoms with Crippen molar-refractivity contribution in [2.45, 2.75) is 12.8 Å². The standard InChI is InChI=1S/C15H17N5O/c21-15(19-14-11-16-7-8-17-14)18-12-3-5-13(6-4-12)20-9-1-2-10-20/h3-8,11H,1-2,9-10H2,(H2,17,18,19,21). The van der Waals surface area contributed by atoms with Crippen molar-refractivity contribution >= 4 is 23.2 Å². The van der Waals surface area contributed by atoms with Gasteiger partial charge in [-0.1, -0.05) is 0 Å². The molecule has 1 aliphatic rings. The van der Waals surface area contributed by atoms with E-state index in [1.807, 2.05) is 24.3 Å². The number of aromatic nitrogens is 2. The number of nitrogens with one attached hydrogen (secondary N) is 2. The molecule has 2 N–H and O–H groups in total. The van der Waals surface area contributed by atoms with E-state index in [0.717, 1.165) is 18.8 Å². The third-order valence-corrected chi connectivity index (χ3v) is 3.40. The van der Waals surface area contributed by atoms with Gasteiger partial charge in [0.1, 0.15) is 0 Å². The highest BCUT2D eigenvalue weighted by Gasteiger charge is 2.12. The normalized spacial score (nSPS) is 14.0. The van der Waals surface area contributed by atoms with Gasteiger partial charge in [-0.05, 0) is 37.1 Å². The van der Waals surface area contributed by atoms with Gasteiger partial charge in [0.2, 0.25) is 0 Å². The molecule has 0 atom stereocenters. The molecule has 6 nitrogen and oxygen atoms in total. The van der Waals surface area contributed by atoms with Gasteiger partial charge in [0.15, 0.2) is 5.82 Å². The first kappa shape index (κ1) is 13.4. The Kier molecular flexibility index (Phi) is 3.95. The van der Waals surface area contributed by atoms with Crippen LogP contribution in [0.3, 0.4) is 0 Å². The van der Waals surface area contributed by atoms with E-state index in [0.29, 0.717) is 5.82 Å². The second-order valence-electron chi connectivity index (χ2n) is 4.91. The molecule has 0 unspecified atom stereocenters. The van der Waals surface area contributed by atoms with Crippen LogP contribution in [0.1, 0.15) is 12.8 Å². The van der Waals surface area contributed by atoms with E-state index in [4.69, 9.17) is 0 Å².